The van der Waals surface area contributed by atoms with Gasteiger partial charge in [0.25, 0.3) is 0 Å². The highest BCUT2D eigenvalue weighted by Crippen LogP contribution is 2.33. The molecule has 2 nitrogen and oxygen atoms in total. The van der Waals surface area contributed by atoms with Gasteiger partial charge < -0.3 is 0 Å². The zero-order chi connectivity index (χ0) is 25.6. The van der Waals surface area contributed by atoms with Crippen molar-refractivity contribution in [1.29, 1.82) is 0 Å². The maximum absolute atomic E-state index is 5.20. The van der Waals surface area contributed by atoms with Crippen LogP contribution in [0, 0.1) is 13.8 Å². The van der Waals surface area contributed by atoms with E-state index in [2.05, 4.69) is 129 Å². The predicted octanol–water partition coefficient (Wildman–Crippen LogP) is 9.61. The van der Waals surface area contributed by atoms with Crippen LogP contribution >= 0.6 is 0 Å². The van der Waals surface area contributed by atoms with Gasteiger partial charge in [0.2, 0.25) is 0 Å². The van der Waals surface area contributed by atoms with Crippen molar-refractivity contribution >= 4 is 0 Å². The van der Waals surface area contributed by atoms with Crippen LogP contribution in [-0.2, 0) is 6.42 Å². The molecule has 0 fully saturated rings. The minimum absolute atomic E-state index is 0.975. The summed E-state index contributed by atoms with van der Waals surface area (Å²) in [5.74, 6) is 0.975. The highest BCUT2D eigenvalue weighted by atomic mass is 15.1. The van der Waals surface area contributed by atoms with Crippen LogP contribution in [0.1, 0.15) is 49.3 Å². The van der Waals surface area contributed by atoms with Gasteiger partial charge in [-0.05, 0) is 60.6 Å². The van der Waals surface area contributed by atoms with Gasteiger partial charge in [0.15, 0.2) is 0 Å². The first-order valence-electron chi connectivity index (χ1n) is 13.5. The fraction of sp³-hybridized carbons (Fsp3) is 0.229. The molecule has 4 aromatic carbocycles. The van der Waals surface area contributed by atoms with Gasteiger partial charge in [-0.25, -0.2) is 4.98 Å². The van der Waals surface area contributed by atoms with E-state index >= 15 is 0 Å². The molecule has 186 valence electrons. The van der Waals surface area contributed by atoms with E-state index in [1.54, 1.807) is 0 Å². The van der Waals surface area contributed by atoms with E-state index in [9.17, 15) is 0 Å². The van der Waals surface area contributed by atoms with E-state index in [0.29, 0.717) is 0 Å². The molecule has 0 aliphatic carbocycles. The molecule has 0 bridgehead atoms. The van der Waals surface area contributed by atoms with Crippen molar-refractivity contribution in [1.82, 2.24) is 9.55 Å². The molecule has 0 saturated heterocycles. The van der Waals surface area contributed by atoms with Crippen molar-refractivity contribution in [3.63, 3.8) is 0 Å². The summed E-state index contributed by atoms with van der Waals surface area (Å²) >= 11 is 0. The van der Waals surface area contributed by atoms with Crippen LogP contribution < -0.4 is 0 Å². The molecular weight excluding hydrogens is 448 g/mol. The first-order chi connectivity index (χ1) is 18.1. The average Bonchev–Trinajstić information content (AvgIpc) is 3.37. The van der Waals surface area contributed by atoms with E-state index in [1.807, 2.05) is 0 Å². The number of unbranched alkanes of at least 4 members (excludes halogenated alkanes) is 3. The Morgan fingerprint density at radius 2 is 1.24 bits per heavy atom. The Bertz CT molecular complexity index is 1440. The Labute approximate surface area is 221 Å². The fourth-order valence-corrected chi connectivity index (χ4v) is 5.30. The summed E-state index contributed by atoms with van der Waals surface area (Å²) in [5, 5.41) is 0. The lowest BCUT2D eigenvalue weighted by Gasteiger charge is -2.16. The Morgan fingerprint density at radius 3 is 1.92 bits per heavy atom. The Morgan fingerprint density at radius 1 is 0.622 bits per heavy atom. The normalized spacial score (nSPS) is 11.1. The van der Waals surface area contributed by atoms with Crippen molar-refractivity contribution in [2.24, 2.45) is 0 Å². The Kier molecular flexibility index (Phi) is 7.65. The Hall–Kier alpha value is -3.91. The van der Waals surface area contributed by atoms with Crippen LogP contribution in [0.5, 0.6) is 0 Å². The number of aryl methyl sites for hydroxylation is 3. The predicted molar refractivity (Wildman–Crippen MR) is 157 cm³/mol. The molecule has 0 aliphatic rings. The number of aromatic nitrogens is 2. The lowest BCUT2D eigenvalue weighted by Crippen LogP contribution is -2.03. The largest absolute Gasteiger partial charge is 0.299 e. The van der Waals surface area contributed by atoms with Crippen molar-refractivity contribution in [3.05, 3.63) is 120 Å². The molecule has 5 aromatic rings. The van der Waals surface area contributed by atoms with E-state index in [-0.39, 0.29) is 0 Å². The van der Waals surface area contributed by atoms with Gasteiger partial charge in [-0.3, -0.25) is 4.57 Å². The minimum atomic E-state index is 0.975. The molecule has 0 aliphatic heterocycles. The van der Waals surface area contributed by atoms with E-state index in [0.717, 1.165) is 29.1 Å². The van der Waals surface area contributed by atoms with Crippen LogP contribution in [0.25, 0.3) is 39.5 Å². The lowest BCUT2D eigenvalue weighted by molar-refractivity contribution is 0.666. The van der Waals surface area contributed by atoms with Gasteiger partial charge in [0, 0.05) is 17.3 Å². The fourth-order valence-electron chi connectivity index (χ4n) is 5.30. The van der Waals surface area contributed by atoms with Gasteiger partial charge in [0.05, 0.1) is 11.4 Å². The summed E-state index contributed by atoms with van der Waals surface area (Å²) in [6, 6.07) is 34.5. The zero-order valence-electron chi connectivity index (χ0n) is 22.2. The molecule has 5 rings (SSSR count). The van der Waals surface area contributed by atoms with Crippen molar-refractivity contribution in [3.8, 4) is 39.5 Å². The van der Waals surface area contributed by atoms with Gasteiger partial charge in [-0.15, -0.1) is 0 Å². The summed E-state index contributed by atoms with van der Waals surface area (Å²) in [6.45, 7) is 6.75. The Balaban J connectivity index is 1.57. The number of rotatable bonds is 9. The second-order valence-corrected chi connectivity index (χ2v) is 10.0. The molecule has 0 saturated carbocycles. The van der Waals surface area contributed by atoms with Gasteiger partial charge >= 0.3 is 0 Å². The summed E-state index contributed by atoms with van der Waals surface area (Å²) in [7, 11) is 0. The van der Waals surface area contributed by atoms with Crippen LogP contribution in [0.2, 0.25) is 0 Å². The summed E-state index contributed by atoms with van der Waals surface area (Å²) in [4.78, 5) is 5.20. The van der Waals surface area contributed by atoms with Gasteiger partial charge in [-0.1, -0.05) is 117 Å². The molecule has 0 radical (unpaired) electrons. The maximum Gasteiger partial charge on any atom is 0.145 e. The lowest BCUT2D eigenvalue weighted by atomic mass is 9.99. The first kappa shape index (κ1) is 24.8. The van der Waals surface area contributed by atoms with Crippen molar-refractivity contribution in [2.45, 2.75) is 52.9 Å². The summed E-state index contributed by atoms with van der Waals surface area (Å²) < 4.78 is 2.30. The van der Waals surface area contributed by atoms with Crippen LogP contribution in [0.4, 0.5) is 0 Å². The molecule has 0 unspecified atom stereocenters. The second kappa shape index (κ2) is 11.4. The smallest absolute Gasteiger partial charge is 0.145 e. The SMILES string of the molecule is CCCCCCc1cc(C)c(-n2cc(-c3cccc(-c4ccccc4)c3)nc2-c2ccccc2)c(C)c1. The molecule has 0 spiro atoms. The number of imidazole rings is 1. The molecule has 0 atom stereocenters. The summed E-state index contributed by atoms with van der Waals surface area (Å²) in [6.07, 6.45) is 8.52. The zero-order valence-corrected chi connectivity index (χ0v) is 22.2. The number of nitrogens with zero attached hydrogens (tertiary/aromatic N) is 2. The highest BCUT2D eigenvalue weighted by molar-refractivity contribution is 5.74. The van der Waals surface area contributed by atoms with E-state index in [4.69, 9.17) is 4.98 Å². The third-order valence-corrected chi connectivity index (χ3v) is 7.11. The van der Waals surface area contributed by atoms with Crippen molar-refractivity contribution in [2.75, 3.05) is 0 Å². The molecule has 0 amide bonds. The molecule has 37 heavy (non-hydrogen) atoms. The molecular formula is C35H36N2. The minimum Gasteiger partial charge on any atom is -0.299 e. The van der Waals surface area contributed by atoms with Crippen molar-refractivity contribution < 1.29 is 0 Å². The maximum atomic E-state index is 5.20. The highest BCUT2D eigenvalue weighted by Gasteiger charge is 2.17. The molecule has 1 heterocycles. The number of hydrogen-bond acceptors (Lipinski definition) is 1. The second-order valence-electron chi connectivity index (χ2n) is 10.0. The van der Waals surface area contributed by atoms with E-state index < -0.39 is 0 Å². The third-order valence-electron chi connectivity index (χ3n) is 7.11. The number of hydrogen-bond donors (Lipinski definition) is 0. The molecule has 0 N–H and O–H groups in total. The monoisotopic (exact) mass is 484 g/mol. The van der Waals surface area contributed by atoms with Crippen LogP contribution in [0.15, 0.2) is 103 Å². The first-order valence-corrected chi connectivity index (χ1v) is 13.5. The summed E-state index contributed by atoms with van der Waals surface area (Å²) in [5.41, 5.74) is 10.9. The average molecular weight is 485 g/mol. The van der Waals surface area contributed by atoms with Gasteiger partial charge in [0.1, 0.15) is 5.82 Å². The van der Waals surface area contributed by atoms with E-state index in [1.165, 1.54) is 59.2 Å². The number of benzene rings is 4. The molecule has 2 heteroatoms. The van der Waals surface area contributed by atoms with Crippen LogP contribution in [-0.4, -0.2) is 9.55 Å². The quantitative estimate of drug-likeness (QED) is 0.190. The van der Waals surface area contributed by atoms with Gasteiger partial charge in [-0.2, -0.15) is 0 Å². The topological polar surface area (TPSA) is 17.8 Å². The molecule has 1 aromatic heterocycles. The third kappa shape index (κ3) is 5.59. The standard InChI is InChI=1S/C35H36N2/c1-4-5-6-9-15-28-22-26(2)34(27(3)23-28)37-25-33(36-35(37)30-18-12-8-13-19-30)32-21-14-20-31(24-32)29-16-10-7-11-17-29/h7-8,10-14,16-25H,4-6,9,15H2,1-3H3. The van der Waals surface area contributed by atoms with Crippen LogP contribution in [0.3, 0.4) is 0 Å².